The molecule has 0 radical (unpaired) electrons. The number of nitrogens with one attached hydrogen (secondary N) is 2. The lowest BCUT2D eigenvalue weighted by molar-refractivity contribution is -0.124. The normalized spacial score (nSPS) is 12.8. The molecular weight excluding hydrogens is 312 g/mol. The summed E-state index contributed by atoms with van der Waals surface area (Å²) in [6.07, 6.45) is 6.69. The summed E-state index contributed by atoms with van der Waals surface area (Å²) in [4.78, 5) is 24.1. The molecule has 0 aromatic rings. The van der Waals surface area contributed by atoms with Gasteiger partial charge in [0.25, 0.3) is 0 Å². The van der Waals surface area contributed by atoms with Gasteiger partial charge in [-0.15, -0.1) is 0 Å². The molecule has 1 atom stereocenters. The van der Waals surface area contributed by atoms with E-state index in [1.165, 1.54) is 6.42 Å². The standard InChI is InChI=1S/C21H42N2O2/c1-16(2)11-7-8-13-20(24)22-14-10-9-12-19(21(25)18(5)6)23-15-17(3)4/h16-19,23H,7-15H2,1-6H3,(H,22,24). The van der Waals surface area contributed by atoms with Crippen LogP contribution in [0.4, 0.5) is 0 Å². The van der Waals surface area contributed by atoms with E-state index >= 15 is 0 Å². The van der Waals surface area contributed by atoms with Gasteiger partial charge in [0, 0.05) is 18.9 Å². The minimum Gasteiger partial charge on any atom is -0.356 e. The average Bonchev–Trinajstić information content (AvgIpc) is 2.52. The van der Waals surface area contributed by atoms with Crippen molar-refractivity contribution in [3.05, 3.63) is 0 Å². The SMILES string of the molecule is CC(C)CCCCC(=O)NCCCCC(NCC(C)C)C(=O)C(C)C. The van der Waals surface area contributed by atoms with Crippen LogP contribution in [0, 0.1) is 17.8 Å². The van der Waals surface area contributed by atoms with Gasteiger partial charge in [0.2, 0.25) is 5.91 Å². The van der Waals surface area contributed by atoms with Crippen LogP contribution in [0.2, 0.25) is 0 Å². The zero-order valence-corrected chi connectivity index (χ0v) is 17.5. The highest BCUT2D eigenvalue weighted by molar-refractivity contribution is 5.85. The molecule has 1 amide bonds. The monoisotopic (exact) mass is 354 g/mol. The second-order valence-corrected chi connectivity index (χ2v) is 8.40. The smallest absolute Gasteiger partial charge is 0.219 e. The lowest BCUT2D eigenvalue weighted by Gasteiger charge is -2.20. The van der Waals surface area contributed by atoms with Gasteiger partial charge in [0.1, 0.15) is 0 Å². The first-order valence-electron chi connectivity index (χ1n) is 10.3. The molecule has 0 aliphatic carbocycles. The molecule has 0 spiro atoms. The fraction of sp³-hybridized carbons (Fsp3) is 0.905. The molecule has 0 saturated heterocycles. The Morgan fingerprint density at radius 1 is 0.800 bits per heavy atom. The Bertz CT molecular complexity index is 365. The minimum absolute atomic E-state index is 0.0471. The Kier molecular flexibility index (Phi) is 13.8. The quantitative estimate of drug-likeness (QED) is 0.430. The van der Waals surface area contributed by atoms with E-state index in [0.717, 1.165) is 45.2 Å². The molecule has 0 aromatic carbocycles. The maximum absolute atomic E-state index is 12.3. The van der Waals surface area contributed by atoms with Crippen molar-refractivity contribution in [3.63, 3.8) is 0 Å². The number of hydrogen-bond acceptors (Lipinski definition) is 3. The van der Waals surface area contributed by atoms with Crippen molar-refractivity contribution in [2.24, 2.45) is 17.8 Å². The maximum Gasteiger partial charge on any atom is 0.219 e. The van der Waals surface area contributed by atoms with E-state index in [-0.39, 0.29) is 17.9 Å². The summed E-state index contributed by atoms with van der Waals surface area (Å²) in [6, 6.07) is -0.0471. The molecule has 0 bridgehead atoms. The van der Waals surface area contributed by atoms with Crippen LogP contribution in [0.25, 0.3) is 0 Å². The molecule has 0 heterocycles. The van der Waals surface area contributed by atoms with Crippen molar-refractivity contribution in [3.8, 4) is 0 Å². The molecule has 0 fully saturated rings. The molecule has 0 rings (SSSR count). The number of ketones is 1. The van der Waals surface area contributed by atoms with E-state index in [4.69, 9.17) is 0 Å². The Morgan fingerprint density at radius 3 is 2.00 bits per heavy atom. The van der Waals surface area contributed by atoms with Gasteiger partial charge >= 0.3 is 0 Å². The number of hydrogen-bond donors (Lipinski definition) is 2. The summed E-state index contributed by atoms with van der Waals surface area (Å²) in [5.41, 5.74) is 0. The zero-order chi connectivity index (χ0) is 19.2. The predicted molar refractivity (Wildman–Crippen MR) is 107 cm³/mol. The number of amides is 1. The third kappa shape index (κ3) is 14.0. The van der Waals surface area contributed by atoms with Crippen LogP contribution in [0.5, 0.6) is 0 Å². The molecule has 1 unspecified atom stereocenters. The fourth-order valence-corrected chi connectivity index (χ4v) is 2.75. The molecule has 148 valence electrons. The highest BCUT2D eigenvalue weighted by Crippen LogP contribution is 2.09. The van der Waals surface area contributed by atoms with Crippen molar-refractivity contribution in [2.45, 2.75) is 92.5 Å². The molecule has 0 aliphatic heterocycles. The van der Waals surface area contributed by atoms with Gasteiger partial charge in [-0.25, -0.2) is 0 Å². The Labute approximate surface area is 155 Å². The third-order valence-corrected chi connectivity index (χ3v) is 4.36. The summed E-state index contributed by atoms with van der Waals surface area (Å²) >= 11 is 0. The van der Waals surface area contributed by atoms with E-state index in [0.29, 0.717) is 24.0 Å². The Hall–Kier alpha value is -0.900. The Balaban J connectivity index is 3.89. The summed E-state index contributed by atoms with van der Waals surface area (Å²) in [5.74, 6) is 1.79. The number of rotatable bonds is 15. The second kappa shape index (κ2) is 14.3. The van der Waals surface area contributed by atoms with Crippen LogP contribution in [0.3, 0.4) is 0 Å². The first-order chi connectivity index (χ1) is 11.7. The molecule has 4 heteroatoms. The number of unbranched alkanes of at least 4 members (excludes halogenated alkanes) is 2. The van der Waals surface area contributed by atoms with Crippen molar-refractivity contribution in [1.82, 2.24) is 10.6 Å². The lowest BCUT2D eigenvalue weighted by Crippen LogP contribution is -2.41. The van der Waals surface area contributed by atoms with Crippen LogP contribution in [0.1, 0.15) is 86.5 Å². The average molecular weight is 355 g/mol. The first-order valence-corrected chi connectivity index (χ1v) is 10.3. The number of carbonyl (C=O) groups excluding carboxylic acids is 2. The van der Waals surface area contributed by atoms with E-state index in [2.05, 4.69) is 38.3 Å². The molecule has 25 heavy (non-hydrogen) atoms. The van der Waals surface area contributed by atoms with Crippen LogP contribution in [-0.4, -0.2) is 30.8 Å². The van der Waals surface area contributed by atoms with Crippen molar-refractivity contribution < 1.29 is 9.59 Å². The third-order valence-electron chi connectivity index (χ3n) is 4.36. The van der Waals surface area contributed by atoms with Crippen LogP contribution >= 0.6 is 0 Å². The van der Waals surface area contributed by atoms with Crippen LogP contribution in [0.15, 0.2) is 0 Å². The maximum atomic E-state index is 12.3. The molecule has 0 aromatic heterocycles. The van der Waals surface area contributed by atoms with Gasteiger partial charge in [0.05, 0.1) is 6.04 Å². The Morgan fingerprint density at radius 2 is 1.44 bits per heavy atom. The van der Waals surface area contributed by atoms with Crippen molar-refractivity contribution in [2.75, 3.05) is 13.1 Å². The van der Waals surface area contributed by atoms with Crippen LogP contribution in [-0.2, 0) is 9.59 Å². The predicted octanol–water partition coefficient (Wildman–Crippen LogP) is 4.33. The van der Waals surface area contributed by atoms with Gasteiger partial charge < -0.3 is 10.6 Å². The van der Waals surface area contributed by atoms with E-state index in [9.17, 15) is 9.59 Å². The molecule has 0 aliphatic rings. The highest BCUT2D eigenvalue weighted by Gasteiger charge is 2.20. The second-order valence-electron chi connectivity index (χ2n) is 8.40. The van der Waals surface area contributed by atoms with Gasteiger partial charge in [-0.2, -0.15) is 0 Å². The fourth-order valence-electron chi connectivity index (χ4n) is 2.75. The van der Waals surface area contributed by atoms with Crippen molar-refractivity contribution in [1.29, 1.82) is 0 Å². The molecule has 2 N–H and O–H groups in total. The van der Waals surface area contributed by atoms with Crippen molar-refractivity contribution >= 4 is 11.7 Å². The highest BCUT2D eigenvalue weighted by atomic mass is 16.1. The van der Waals surface area contributed by atoms with Gasteiger partial charge in [-0.1, -0.05) is 54.4 Å². The summed E-state index contributed by atoms with van der Waals surface area (Å²) in [6.45, 7) is 14.3. The van der Waals surface area contributed by atoms with Crippen LogP contribution < -0.4 is 10.6 Å². The number of carbonyl (C=O) groups is 2. The molecule has 0 saturated carbocycles. The topological polar surface area (TPSA) is 58.2 Å². The van der Waals surface area contributed by atoms with Gasteiger partial charge in [-0.05, 0) is 44.1 Å². The zero-order valence-electron chi connectivity index (χ0n) is 17.5. The summed E-state index contributed by atoms with van der Waals surface area (Å²) in [5, 5.41) is 6.41. The minimum atomic E-state index is -0.0471. The van der Waals surface area contributed by atoms with Gasteiger partial charge in [0.15, 0.2) is 5.78 Å². The molecular formula is C21H42N2O2. The first kappa shape index (κ1) is 24.1. The van der Waals surface area contributed by atoms with E-state index in [1.807, 2.05) is 13.8 Å². The lowest BCUT2D eigenvalue weighted by atomic mass is 9.96. The van der Waals surface area contributed by atoms with E-state index < -0.39 is 0 Å². The summed E-state index contributed by atoms with van der Waals surface area (Å²) < 4.78 is 0. The van der Waals surface area contributed by atoms with Gasteiger partial charge in [-0.3, -0.25) is 9.59 Å². The largest absolute Gasteiger partial charge is 0.356 e. The number of Topliss-reactive ketones (excluding diaryl/α,β-unsaturated/α-hetero) is 1. The molecule has 4 nitrogen and oxygen atoms in total. The summed E-state index contributed by atoms with van der Waals surface area (Å²) in [7, 11) is 0. The van der Waals surface area contributed by atoms with E-state index in [1.54, 1.807) is 0 Å².